The van der Waals surface area contributed by atoms with Gasteiger partial charge in [0.15, 0.2) is 0 Å². The minimum absolute atomic E-state index is 0.0588. The smallest absolute Gasteiger partial charge is 0.254 e. The molecule has 0 fully saturated rings. The SMILES string of the molecule is O=C(CC[C@H](NC(=O)CCOCCOCCOCCOCCOCCOCCOCCOCCNC(=O)CNC(=O)CNC(=O)CNC(=O)CNC(=O)CNC(=O)CN1C(=O)C=CC1=O)C(=O)NC[C@H](O)[C@@H](O)[C@H](O)CCO)NC[C@H](O)[C@@H](O)[C@H](O)CCO. The number of nitrogens with one attached hydrogen (secondary N) is 9. The van der Waals surface area contributed by atoms with Crippen LogP contribution in [0.15, 0.2) is 12.2 Å². The molecule has 1 heterocycles. The van der Waals surface area contributed by atoms with Crippen LogP contribution >= 0.6 is 0 Å². The fraction of sp³-hybridized carbons (Fsp3) is 0.750. The number of hydrogen-bond donors (Lipinski definition) is 17. The molecular weight excluding hydrogens is 1200 g/mol. The Morgan fingerprint density at radius 1 is 0.371 bits per heavy atom. The van der Waals surface area contributed by atoms with Gasteiger partial charge in [-0.3, -0.25) is 57.6 Å². The molecule has 37 heteroatoms. The number of imide groups is 1. The van der Waals surface area contributed by atoms with Gasteiger partial charge in [-0.15, -0.1) is 0 Å². The molecule has 0 aromatic heterocycles. The number of nitrogens with zero attached hydrogens (tertiary/aromatic N) is 1. The molecule has 1 aliphatic rings. The predicted molar refractivity (Wildman–Crippen MR) is 302 cm³/mol. The van der Waals surface area contributed by atoms with E-state index in [1.807, 2.05) is 0 Å². The van der Waals surface area contributed by atoms with Gasteiger partial charge in [-0.1, -0.05) is 0 Å². The normalized spacial score (nSPS) is 14.4. The van der Waals surface area contributed by atoms with Crippen LogP contribution in [0.25, 0.3) is 0 Å². The number of ether oxygens (including phenoxy) is 8. The average molecular weight is 1290 g/mol. The van der Waals surface area contributed by atoms with E-state index >= 15 is 0 Å². The lowest BCUT2D eigenvalue weighted by molar-refractivity contribution is -0.141. The Labute approximate surface area is 512 Å². The summed E-state index contributed by atoms with van der Waals surface area (Å²) in [5.41, 5.74) is 0. The van der Waals surface area contributed by atoms with Crippen LogP contribution < -0.4 is 47.9 Å². The highest BCUT2D eigenvalue weighted by Gasteiger charge is 2.29. The van der Waals surface area contributed by atoms with Crippen molar-refractivity contribution in [1.82, 2.24) is 52.8 Å². The van der Waals surface area contributed by atoms with Gasteiger partial charge >= 0.3 is 0 Å². The first kappa shape index (κ1) is 80.5. The van der Waals surface area contributed by atoms with Gasteiger partial charge in [0.2, 0.25) is 53.2 Å². The quantitative estimate of drug-likeness (QED) is 0.0199. The van der Waals surface area contributed by atoms with Crippen LogP contribution in [0.2, 0.25) is 0 Å². The fourth-order valence-electron chi connectivity index (χ4n) is 6.87. The molecule has 0 aromatic rings. The Hall–Kier alpha value is -6.53. The van der Waals surface area contributed by atoms with E-state index in [0.29, 0.717) is 57.8 Å². The molecule has 0 radical (unpaired) electrons. The summed E-state index contributed by atoms with van der Waals surface area (Å²) in [5.74, 6) is -7.69. The predicted octanol–water partition coefficient (Wildman–Crippen LogP) is -11.4. The van der Waals surface area contributed by atoms with Crippen molar-refractivity contribution in [3.63, 3.8) is 0 Å². The van der Waals surface area contributed by atoms with Crippen molar-refractivity contribution in [2.24, 2.45) is 0 Å². The molecule has 0 spiro atoms. The van der Waals surface area contributed by atoms with Gasteiger partial charge in [-0.2, -0.15) is 0 Å². The average Bonchev–Trinajstić information content (AvgIpc) is 4.12. The fourth-order valence-corrected chi connectivity index (χ4v) is 6.87. The van der Waals surface area contributed by atoms with Crippen molar-refractivity contribution in [2.75, 3.05) is 178 Å². The highest BCUT2D eigenvalue weighted by Crippen LogP contribution is 2.07. The minimum Gasteiger partial charge on any atom is -0.396 e. The van der Waals surface area contributed by atoms with E-state index in [-0.39, 0.29) is 98.0 Å². The van der Waals surface area contributed by atoms with Crippen molar-refractivity contribution >= 4 is 65.0 Å². The van der Waals surface area contributed by atoms with Crippen LogP contribution in [0.3, 0.4) is 0 Å². The van der Waals surface area contributed by atoms with E-state index in [1.54, 1.807) is 0 Å². The second-order valence-corrected chi connectivity index (χ2v) is 19.0. The van der Waals surface area contributed by atoms with Gasteiger partial charge in [0.05, 0.1) is 163 Å². The second-order valence-electron chi connectivity index (χ2n) is 19.0. The molecule has 89 heavy (non-hydrogen) atoms. The third kappa shape index (κ3) is 42.2. The zero-order chi connectivity index (χ0) is 66.0. The Morgan fingerprint density at radius 3 is 1.09 bits per heavy atom. The van der Waals surface area contributed by atoms with E-state index < -0.39 is 167 Å². The summed E-state index contributed by atoms with van der Waals surface area (Å²) in [7, 11) is 0. The van der Waals surface area contributed by atoms with Gasteiger partial charge in [-0.25, -0.2) is 0 Å². The van der Waals surface area contributed by atoms with Crippen molar-refractivity contribution < 1.29 is 131 Å². The van der Waals surface area contributed by atoms with Crippen molar-refractivity contribution in [3.05, 3.63) is 12.2 Å². The first-order valence-electron chi connectivity index (χ1n) is 28.6. The molecule has 0 bridgehead atoms. The highest BCUT2D eigenvalue weighted by atomic mass is 16.6. The maximum absolute atomic E-state index is 13.0. The first-order chi connectivity index (χ1) is 42.7. The Morgan fingerprint density at radius 2 is 0.708 bits per heavy atom. The highest BCUT2D eigenvalue weighted by molar-refractivity contribution is 6.14. The van der Waals surface area contributed by atoms with Gasteiger partial charge in [0.25, 0.3) is 11.8 Å². The number of aliphatic hydroxyl groups excluding tert-OH is 8. The number of carbonyl (C=O) groups is 11. The lowest BCUT2D eigenvalue weighted by Gasteiger charge is -2.24. The maximum Gasteiger partial charge on any atom is 0.254 e. The lowest BCUT2D eigenvalue weighted by atomic mass is 10.0. The van der Waals surface area contributed by atoms with E-state index in [2.05, 4.69) is 47.9 Å². The number of carbonyl (C=O) groups excluding carboxylic acids is 11. The molecule has 510 valence electrons. The summed E-state index contributed by atoms with van der Waals surface area (Å²) in [6.45, 7) is -0.693. The molecule has 0 aliphatic carbocycles. The van der Waals surface area contributed by atoms with E-state index in [9.17, 15) is 83.4 Å². The van der Waals surface area contributed by atoms with E-state index in [1.165, 1.54) is 0 Å². The van der Waals surface area contributed by atoms with Gasteiger partial charge < -0.3 is 127 Å². The monoisotopic (exact) mass is 1290 g/mol. The van der Waals surface area contributed by atoms with Gasteiger partial charge in [-0.05, 0) is 19.3 Å². The second kappa shape index (κ2) is 51.2. The van der Waals surface area contributed by atoms with Gasteiger partial charge in [0, 0.05) is 57.8 Å². The zero-order valence-corrected chi connectivity index (χ0v) is 49.6. The molecule has 11 amide bonds. The van der Waals surface area contributed by atoms with Gasteiger partial charge in [0.1, 0.15) is 24.8 Å². The number of rotatable bonds is 56. The molecule has 17 N–H and O–H groups in total. The largest absolute Gasteiger partial charge is 0.396 e. The molecule has 0 saturated carbocycles. The summed E-state index contributed by atoms with van der Waals surface area (Å²) >= 11 is 0. The lowest BCUT2D eigenvalue weighted by Crippen LogP contribution is -2.51. The summed E-state index contributed by atoms with van der Waals surface area (Å²) < 4.78 is 43.5. The van der Waals surface area contributed by atoms with Crippen LogP contribution in [-0.4, -0.2) is 331 Å². The Kier molecular flexibility index (Phi) is 46.3. The molecule has 1 aliphatic heterocycles. The maximum atomic E-state index is 13.0. The number of aliphatic hydroxyl groups is 8. The Bertz CT molecular complexity index is 2120. The number of amides is 11. The summed E-state index contributed by atoms with van der Waals surface area (Å²) in [6.07, 6.45) is -8.78. The summed E-state index contributed by atoms with van der Waals surface area (Å²) in [4.78, 5) is 134. The first-order valence-corrected chi connectivity index (χ1v) is 28.6. The Balaban J connectivity index is 2.00. The third-order valence-electron chi connectivity index (χ3n) is 11.8. The summed E-state index contributed by atoms with van der Waals surface area (Å²) in [5, 5.41) is 98.6. The molecule has 37 nitrogen and oxygen atoms in total. The molecule has 1 rings (SSSR count). The van der Waals surface area contributed by atoms with Crippen molar-refractivity contribution in [1.29, 1.82) is 0 Å². The molecule has 0 saturated heterocycles. The molecular formula is C52H90N10O27. The van der Waals surface area contributed by atoms with Crippen LogP contribution in [0.4, 0.5) is 0 Å². The van der Waals surface area contributed by atoms with E-state index in [0.717, 1.165) is 12.2 Å². The molecule has 7 atom stereocenters. The molecule has 0 aromatic carbocycles. The van der Waals surface area contributed by atoms with Crippen LogP contribution in [-0.2, 0) is 90.6 Å². The number of hydrogen-bond acceptors (Lipinski definition) is 27. The van der Waals surface area contributed by atoms with Crippen LogP contribution in [0, 0.1) is 0 Å². The standard InChI is InChI=1S/C52H90N10O27/c63-9-5-36(65)50(79)38(67)27-54-40(69)2-1-35(52(81)60-28-39(68)51(80)37(66)6-10-64)61-41(70)7-11-82-13-15-84-17-19-86-21-23-88-25-26-89-24-22-87-20-18-85-16-14-83-12-8-53-42(71)29-55-43(72)30-56-44(73)31-57-45(74)32-58-46(75)33-59-47(76)34-62-48(77)3-4-49(62)78/h3-4,35-39,50-51,63-68,79-80H,1-2,5-34H2,(H,53,71)(H,54,69)(H,55,72)(H,56,73)(H,57,74)(H,58,75)(H,59,76)(H,60,81)(H,61,70)/t35-,36+,37+,38-,39-,50-,51-/m0/s1. The molecule has 0 unspecified atom stereocenters. The topological polar surface area (TPSA) is 535 Å². The van der Waals surface area contributed by atoms with Crippen LogP contribution in [0.5, 0.6) is 0 Å². The van der Waals surface area contributed by atoms with Crippen LogP contribution in [0.1, 0.15) is 32.1 Å². The minimum atomic E-state index is -1.71. The summed E-state index contributed by atoms with van der Waals surface area (Å²) in [6, 6.07) is -1.32. The van der Waals surface area contributed by atoms with Crippen molar-refractivity contribution in [3.8, 4) is 0 Å². The zero-order valence-electron chi connectivity index (χ0n) is 49.6. The third-order valence-corrected chi connectivity index (χ3v) is 11.8. The van der Waals surface area contributed by atoms with E-state index in [4.69, 9.17) is 48.1 Å². The van der Waals surface area contributed by atoms with Crippen molar-refractivity contribution in [2.45, 2.75) is 74.8 Å².